The predicted molar refractivity (Wildman–Crippen MR) is 79.3 cm³/mol. The molecule has 1 aromatic heterocycles. The quantitative estimate of drug-likeness (QED) is 0.905. The number of carbonyl (C=O) groups excluding carboxylic acids is 1. The summed E-state index contributed by atoms with van der Waals surface area (Å²) >= 11 is 1.20. The summed E-state index contributed by atoms with van der Waals surface area (Å²) in [6.07, 6.45) is 2.11. The Bertz CT molecular complexity index is 622. The van der Waals surface area contributed by atoms with Gasteiger partial charge in [0.1, 0.15) is 0 Å². The molecule has 0 radical (unpaired) electrons. The first-order chi connectivity index (χ1) is 9.20. The van der Waals surface area contributed by atoms with E-state index in [2.05, 4.69) is 6.92 Å². The van der Waals surface area contributed by atoms with Gasteiger partial charge in [0.05, 0.1) is 9.77 Å². The average molecular weight is 316 g/mol. The fourth-order valence-electron chi connectivity index (χ4n) is 2.57. The maximum atomic E-state index is 12.5. The minimum absolute atomic E-state index is 0.0589. The van der Waals surface area contributed by atoms with Crippen molar-refractivity contribution in [2.75, 3.05) is 6.54 Å². The Morgan fingerprint density at radius 3 is 2.60 bits per heavy atom. The molecule has 1 aromatic rings. The van der Waals surface area contributed by atoms with E-state index in [1.165, 1.54) is 17.4 Å². The Balaban J connectivity index is 2.30. The largest absolute Gasteiger partial charge is 0.335 e. The molecular weight excluding hydrogens is 296 g/mol. The van der Waals surface area contributed by atoms with Gasteiger partial charge in [0.2, 0.25) is 10.0 Å². The number of carbonyl (C=O) groups is 1. The summed E-state index contributed by atoms with van der Waals surface area (Å²) in [6, 6.07) is 1.60. The standard InChI is InChI=1S/C13H20N2O3S2/c1-8-4-5-9(2)15(7-8)13(16)11-6-12(10(3)19-11)20(14,17)18/h6,8-9H,4-5,7H2,1-3H3,(H2,14,17,18). The van der Waals surface area contributed by atoms with Crippen LogP contribution in [0.3, 0.4) is 0 Å². The third-order valence-electron chi connectivity index (χ3n) is 3.77. The third-order valence-corrected chi connectivity index (χ3v) is 5.97. The van der Waals surface area contributed by atoms with Gasteiger partial charge >= 0.3 is 0 Å². The molecule has 2 atom stereocenters. The van der Waals surface area contributed by atoms with Gasteiger partial charge in [-0.05, 0) is 38.7 Å². The summed E-state index contributed by atoms with van der Waals surface area (Å²) < 4.78 is 22.9. The van der Waals surface area contributed by atoms with Gasteiger partial charge in [-0.15, -0.1) is 11.3 Å². The molecule has 1 aliphatic rings. The van der Waals surface area contributed by atoms with Gasteiger partial charge in [-0.25, -0.2) is 13.6 Å². The summed E-state index contributed by atoms with van der Waals surface area (Å²) in [5, 5.41) is 5.15. The van der Waals surface area contributed by atoms with Crippen molar-refractivity contribution in [3.63, 3.8) is 0 Å². The van der Waals surface area contributed by atoms with Gasteiger partial charge in [-0.3, -0.25) is 4.79 Å². The highest BCUT2D eigenvalue weighted by Crippen LogP contribution is 2.29. The number of hydrogen-bond acceptors (Lipinski definition) is 4. The van der Waals surface area contributed by atoms with Crippen LogP contribution < -0.4 is 5.14 Å². The van der Waals surface area contributed by atoms with E-state index in [4.69, 9.17) is 5.14 Å². The van der Waals surface area contributed by atoms with Gasteiger partial charge in [0.15, 0.2) is 0 Å². The van der Waals surface area contributed by atoms with E-state index >= 15 is 0 Å². The lowest BCUT2D eigenvalue weighted by Crippen LogP contribution is -2.44. The fourth-order valence-corrected chi connectivity index (χ4v) is 4.67. The lowest BCUT2D eigenvalue weighted by molar-refractivity contribution is 0.0579. The number of nitrogens with two attached hydrogens (primary N) is 1. The highest BCUT2D eigenvalue weighted by molar-refractivity contribution is 7.89. The van der Waals surface area contributed by atoms with Crippen LogP contribution in [0.4, 0.5) is 0 Å². The number of thiophene rings is 1. The monoisotopic (exact) mass is 316 g/mol. The van der Waals surface area contributed by atoms with Crippen LogP contribution in [0.25, 0.3) is 0 Å². The topological polar surface area (TPSA) is 80.5 Å². The molecule has 0 spiro atoms. The third kappa shape index (κ3) is 3.05. The summed E-state index contributed by atoms with van der Waals surface area (Å²) in [6.45, 7) is 6.55. The van der Waals surface area contributed by atoms with Crippen molar-refractivity contribution in [1.29, 1.82) is 0 Å². The Morgan fingerprint density at radius 2 is 2.05 bits per heavy atom. The minimum atomic E-state index is -3.76. The molecular formula is C13H20N2O3S2. The average Bonchev–Trinajstić information content (AvgIpc) is 2.73. The Hall–Kier alpha value is -0.920. The van der Waals surface area contributed by atoms with E-state index < -0.39 is 10.0 Å². The van der Waals surface area contributed by atoms with Gasteiger partial charge in [0, 0.05) is 17.5 Å². The van der Waals surface area contributed by atoms with Crippen molar-refractivity contribution in [1.82, 2.24) is 4.90 Å². The SMILES string of the molecule is Cc1sc(C(=O)N2CC(C)CCC2C)cc1S(N)(=O)=O. The smallest absolute Gasteiger partial charge is 0.264 e. The molecule has 2 rings (SSSR count). The molecule has 0 saturated carbocycles. The van der Waals surface area contributed by atoms with Gasteiger partial charge in [-0.2, -0.15) is 0 Å². The first kappa shape index (κ1) is 15.5. The maximum absolute atomic E-state index is 12.5. The van der Waals surface area contributed by atoms with Crippen LogP contribution in [0.15, 0.2) is 11.0 Å². The molecule has 2 unspecified atom stereocenters. The van der Waals surface area contributed by atoms with Crippen molar-refractivity contribution in [2.24, 2.45) is 11.1 Å². The normalized spacial score (nSPS) is 23.9. The lowest BCUT2D eigenvalue weighted by atomic mass is 9.95. The Labute approximate surface area is 123 Å². The van der Waals surface area contributed by atoms with Crippen molar-refractivity contribution >= 4 is 27.3 Å². The van der Waals surface area contributed by atoms with Crippen molar-refractivity contribution in [3.8, 4) is 0 Å². The van der Waals surface area contributed by atoms with E-state index in [9.17, 15) is 13.2 Å². The first-order valence-corrected chi connectivity index (χ1v) is 9.00. The number of likely N-dealkylation sites (tertiary alicyclic amines) is 1. The zero-order chi connectivity index (χ0) is 15.1. The van der Waals surface area contributed by atoms with E-state index in [1.54, 1.807) is 6.92 Å². The number of primary sulfonamides is 1. The zero-order valence-electron chi connectivity index (χ0n) is 11.9. The number of piperidine rings is 1. The van der Waals surface area contributed by atoms with Gasteiger partial charge in [0.25, 0.3) is 5.91 Å². The second-order valence-corrected chi connectivity index (χ2v) is 8.35. The zero-order valence-corrected chi connectivity index (χ0v) is 13.6. The van der Waals surface area contributed by atoms with E-state index in [-0.39, 0.29) is 16.8 Å². The fraction of sp³-hybridized carbons (Fsp3) is 0.615. The molecule has 0 aliphatic carbocycles. The number of nitrogens with zero attached hydrogens (tertiary/aromatic N) is 1. The van der Waals surface area contributed by atoms with Crippen LogP contribution >= 0.6 is 11.3 Å². The molecule has 112 valence electrons. The second kappa shape index (κ2) is 5.46. The van der Waals surface area contributed by atoms with Crippen LogP contribution in [0.5, 0.6) is 0 Å². The highest BCUT2D eigenvalue weighted by Gasteiger charge is 2.29. The molecule has 2 N–H and O–H groups in total. The van der Waals surface area contributed by atoms with Crippen LogP contribution in [-0.2, 0) is 10.0 Å². The first-order valence-electron chi connectivity index (χ1n) is 6.64. The molecule has 7 heteroatoms. The van der Waals surface area contributed by atoms with Crippen molar-refractivity contribution in [2.45, 2.75) is 44.6 Å². The van der Waals surface area contributed by atoms with E-state index in [0.29, 0.717) is 15.7 Å². The van der Waals surface area contributed by atoms with Crippen LogP contribution in [0, 0.1) is 12.8 Å². The van der Waals surface area contributed by atoms with Crippen LogP contribution in [-0.4, -0.2) is 31.8 Å². The molecule has 0 aromatic carbocycles. The summed E-state index contributed by atoms with van der Waals surface area (Å²) in [5.74, 6) is 0.390. The second-order valence-electron chi connectivity index (χ2n) is 5.57. The van der Waals surface area contributed by atoms with Crippen molar-refractivity contribution in [3.05, 3.63) is 15.8 Å². The maximum Gasteiger partial charge on any atom is 0.264 e. The minimum Gasteiger partial charge on any atom is -0.335 e. The summed E-state index contributed by atoms with van der Waals surface area (Å²) in [4.78, 5) is 15.5. The van der Waals surface area contributed by atoms with Crippen LogP contribution in [0.2, 0.25) is 0 Å². The van der Waals surface area contributed by atoms with Crippen LogP contribution in [0.1, 0.15) is 41.2 Å². The molecule has 0 bridgehead atoms. The molecule has 1 saturated heterocycles. The Morgan fingerprint density at radius 1 is 1.40 bits per heavy atom. The van der Waals surface area contributed by atoms with Gasteiger partial charge < -0.3 is 4.90 Å². The number of sulfonamides is 1. The lowest BCUT2D eigenvalue weighted by Gasteiger charge is -2.36. The number of amides is 1. The molecule has 1 aliphatic heterocycles. The molecule has 1 fully saturated rings. The predicted octanol–water partition coefficient (Wildman–Crippen LogP) is 1.96. The molecule has 5 nitrogen and oxygen atoms in total. The van der Waals surface area contributed by atoms with E-state index in [1.807, 2.05) is 11.8 Å². The molecule has 20 heavy (non-hydrogen) atoms. The van der Waals surface area contributed by atoms with Gasteiger partial charge in [-0.1, -0.05) is 6.92 Å². The number of aryl methyl sites for hydroxylation is 1. The molecule has 1 amide bonds. The van der Waals surface area contributed by atoms with E-state index in [0.717, 1.165) is 19.4 Å². The molecule has 2 heterocycles. The highest BCUT2D eigenvalue weighted by atomic mass is 32.2. The number of hydrogen-bond donors (Lipinski definition) is 1. The van der Waals surface area contributed by atoms with Crippen molar-refractivity contribution < 1.29 is 13.2 Å². The summed E-state index contributed by atoms with van der Waals surface area (Å²) in [5.41, 5.74) is 0. The number of rotatable bonds is 2. The summed E-state index contributed by atoms with van der Waals surface area (Å²) in [7, 11) is -3.76. The Kier molecular flexibility index (Phi) is 4.22.